The Morgan fingerprint density at radius 1 is 0.610 bits per heavy atom. The van der Waals surface area contributed by atoms with Gasteiger partial charge < -0.3 is 24.5 Å². The molecule has 0 aliphatic carbocycles. The molecule has 2 saturated heterocycles. The fourth-order valence-electron chi connectivity index (χ4n) is 8.69. The molecular weight excluding hydrogens is 737 g/mol. The van der Waals surface area contributed by atoms with Crippen LogP contribution < -0.4 is 0 Å². The van der Waals surface area contributed by atoms with Crippen LogP contribution in [0.25, 0.3) is 22.5 Å². The average Bonchev–Trinajstić information content (AvgIpc) is 4.09. The van der Waals surface area contributed by atoms with Gasteiger partial charge in [0.1, 0.15) is 23.7 Å². The molecule has 4 unspecified atom stereocenters. The molecule has 6 aromatic rings. The van der Waals surface area contributed by atoms with Crippen LogP contribution in [0.2, 0.25) is 0 Å². The third kappa shape index (κ3) is 8.78. The third-order valence-electron chi connectivity index (χ3n) is 11.7. The van der Waals surface area contributed by atoms with Gasteiger partial charge in [-0.3, -0.25) is 19.4 Å². The van der Waals surface area contributed by atoms with E-state index >= 15 is 0 Å². The van der Waals surface area contributed by atoms with E-state index in [-0.39, 0.29) is 36.0 Å². The van der Waals surface area contributed by atoms with Crippen LogP contribution in [0.15, 0.2) is 122 Å². The van der Waals surface area contributed by atoms with Crippen molar-refractivity contribution in [3.63, 3.8) is 0 Å². The first-order valence-electron chi connectivity index (χ1n) is 20.6. The zero-order valence-corrected chi connectivity index (χ0v) is 34.4. The first-order chi connectivity index (χ1) is 28.7. The lowest BCUT2D eigenvalue weighted by Gasteiger charge is -2.31. The van der Waals surface area contributed by atoms with Gasteiger partial charge in [-0.15, -0.1) is 0 Å². The second-order valence-electron chi connectivity index (χ2n) is 16.2. The Hall–Kier alpha value is -5.88. The maximum Gasteiger partial charge on any atom is 0.245 e. The Labute approximate surface area is 347 Å². The summed E-state index contributed by atoms with van der Waals surface area (Å²) in [5.74, 6) is 1.86. The van der Waals surface area contributed by atoms with Gasteiger partial charge in [-0.2, -0.15) is 0 Å². The van der Waals surface area contributed by atoms with E-state index in [1.165, 1.54) is 0 Å². The molecule has 2 aliphatic heterocycles. The van der Waals surface area contributed by atoms with Crippen LogP contribution in [0, 0.1) is 0 Å². The molecule has 0 saturated carbocycles. The Balaban J connectivity index is 0.842. The maximum absolute atomic E-state index is 13.9. The molecule has 8 rings (SSSR count). The van der Waals surface area contributed by atoms with Gasteiger partial charge in [0.25, 0.3) is 0 Å². The first kappa shape index (κ1) is 39.9. The lowest BCUT2D eigenvalue weighted by Crippen LogP contribution is -2.40. The van der Waals surface area contributed by atoms with Crippen LogP contribution in [-0.4, -0.2) is 92.6 Å². The second-order valence-corrected chi connectivity index (χ2v) is 16.2. The van der Waals surface area contributed by atoms with Gasteiger partial charge >= 0.3 is 0 Å². The van der Waals surface area contributed by atoms with Crippen LogP contribution in [0.3, 0.4) is 0 Å². The molecule has 2 fully saturated rings. The van der Waals surface area contributed by atoms with Crippen molar-refractivity contribution in [1.82, 2.24) is 39.5 Å². The largest absolute Gasteiger partial charge is 0.372 e. The van der Waals surface area contributed by atoms with Crippen molar-refractivity contribution in [2.24, 2.45) is 0 Å². The highest BCUT2D eigenvalue weighted by atomic mass is 16.5. The zero-order chi connectivity index (χ0) is 40.9. The topological polar surface area (TPSA) is 114 Å². The summed E-state index contributed by atoms with van der Waals surface area (Å²) < 4.78 is 6.12. The number of likely N-dealkylation sites (tertiary alicyclic amines) is 2. The first-order valence-corrected chi connectivity index (χ1v) is 20.6. The number of nitrogens with zero attached hydrogens (tertiary/aromatic N) is 6. The van der Waals surface area contributed by atoms with E-state index in [2.05, 4.69) is 58.5 Å². The lowest BCUT2D eigenvalue weighted by atomic mass is 10.0. The number of H-pyrrole nitrogens is 2. The number of aromatic nitrogens is 4. The number of amides is 2. The summed E-state index contributed by atoms with van der Waals surface area (Å²) in [6.45, 7) is 2.42. The van der Waals surface area contributed by atoms with Gasteiger partial charge in [-0.1, -0.05) is 109 Å². The van der Waals surface area contributed by atoms with Gasteiger partial charge in [0.05, 0.1) is 49.1 Å². The van der Waals surface area contributed by atoms with Crippen molar-refractivity contribution in [2.45, 2.75) is 63.1 Å². The van der Waals surface area contributed by atoms with E-state index in [1.54, 1.807) is 0 Å². The summed E-state index contributed by atoms with van der Waals surface area (Å²) in [6, 6.07) is 35.8. The van der Waals surface area contributed by atoms with E-state index in [1.807, 2.05) is 121 Å². The number of ether oxygens (including phenoxy) is 1. The quantitative estimate of drug-likeness (QED) is 0.115. The summed E-state index contributed by atoms with van der Waals surface area (Å²) in [5.41, 5.74) is 8.09. The molecule has 304 valence electrons. The summed E-state index contributed by atoms with van der Waals surface area (Å²) in [7, 11) is 7.83. The van der Waals surface area contributed by atoms with E-state index in [0.717, 1.165) is 95.2 Å². The van der Waals surface area contributed by atoms with Crippen LogP contribution in [0.1, 0.15) is 83.8 Å². The normalized spacial score (nSPS) is 17.9. The predicted octanol–water partition coefficient (Wildman–Crippen LogP) is 8.12. The molecule has 2 aliphatic rings. The number of hydrogen-bond acceptors (Lipinski definition) is 7. The number of carbonyl (C=O) groups excluding carboxylic acids is 2. The number of likely N-dealkylation sites (N-methyl/N-ethyl adjacent to an activating group) is 2. The number of nitrogens with one attached hydrogen (secondary N) is 2. The molecule has 4 heterocycles. The maximum atomic E-state index is 13.9. The van der Waals surface area contributed by atoms with Gasteiger partial charge in [-0.05, 0) is 87.3 Å². The van der Waals surface area contributed by atoms with Crippen LogP contribution >= 0.6 is 0 Å². The molecule has 2 N–H and O–H groups in total. The highest BCUT2D eigenvalue weighted by Gasteiger charge is 2.38. The number of aromatic amines is 2. The minimum Gasteiger partial charge on any atom is -0.372 e. The lowest BCUT2D eigenvalue weighted by molar-refractivity contribution is -0.138. The number of benzene rings is 4. The minimum absolute atomic E-state index is 0.0807. The molecule has 59 heavy (non-hydrogen) atoms. The molecule has 11 heteroatoms. The van der Waals surface area contributed by atoms with Crippen LogP contribution in [0.4, 0.5) is 0 Å². The van der Waals surface area contributed by atoms with Gasteiger partial charge in [0.2, 0.25) is 11.8 Å². The molecule has 0 bridgehead atoms. The summed E-state index contributed by atoms with van der Waals surface area (Å²) >= 11 is 0. The Bertz CT molecular complexity index is 2140. The van der Waals surface area contributed by atoms with Crippen molar-refractivity contribution < 1.29 is 14.3 Å². The molecule has 2 aromatic heterocycles. The van der Waals surface area contributed by atoms with E-state index in [9.17, 15) is 9.59 Å². The van der Waals surface area contributed by atoms with Crippen LogP contribution in [-0.2, 0) is 27.5 Å². The molecule has 0 spiro atoms. The Morgan fingerprint density at radius 3 is 1.37 bits per heavy atom. The average molecular weight is 791 g/mol. The Morgan fingerprint density at radius 2 is 1.00 bits per heavy atom. The number of carbonyl (C=O) groups is 2. The van der Waals surface area contributed by atoms with Gasteiger partial charge in [0, 0.05) is 13.1 Å². The van der Waals surface area contributed by atoms with E-state index in [0.29, 0.717) is 13.2 Å². The van der Waals surface area contributed by atoms with Gasteiger partial charge in [0.15, 0.2) is 0 Å². The van der Waals surface area contributed by atoms with Crippen molar-refractivity contribution in [2.75, 3.05) is 41.3 Å². The number of imidazole rings is 2. The standard InChI is InChI=1S/C48H54N8O3/c1-53(2)43(37-13-7-5-8-14-37)47(57)55-27-11-17-41(55)45-49-29-39(51-45)35-23-19-33(20-24-35)31-59-32-34-21-25-36(26-22-34)40-30-50-46(52-40)42-18-12-28-56(42)48(58)44(54(3)4)38-15-9-6-10-16-38/h5-10,13-16,19-26,29-30,41-44H,11-12,17-18,27-28,31-32H2,1-4H3,(H,49,51)(H,50,52). The van der Waals surface area contributed by atoms with Crippen molar-refractivity contribution >= 4 is 11.8 Å². The highest BCUT2D eigenvalue weighted by molar-refractivity contribution is 5.84. The molecule has 0 radical (unpaired) electrons. The smallest absolute Gasteiger partial charge is 0.245 e. The van der Waals surface area contributed by atoms with E-state index in [4.69, 9.17) is 14.7 Å². The fourth-order valence-corrected chi connectivity index (χ4v) is 8.69. The number of hydrogen-bond donors (Lipinski definition) is 2. The second kappa shape index (κ2) is 17.9. The molecule has 11 nitrogen and oxygen atoms in total. The third-order valence-corrected chi connectivity index (χ3v) is 11.7. The van der Waals surface area contributed by atoms with Crippen molar-refractivity contribution in [3.05, 3.63) is 155 Å². The molecule has 4 atom stereocenters. The van der Waals surface area contributed by atoms with E-state index < -0.39 is 0 Å². The zero-order valence-electron chi connectivity index (χ0n) is 34.4. The monoisotopic (exact) mass is 790 g/mol. The predicted molar refractivity (Wildman–Crippen MR) is 230 cm³/mol. The van der Waals surface area contributed by atoms with Crippen molar-refractivity contribution in [3.8, 4) is 22.5 Å². The molecule has 4 aromatic carbocycles. The van der Waals surface area contributed by atoms with Crippen molar-refractivity contribution in [1.29, 1.82) is 0 Å². The highest BCUT2D eigenvalue weighted by Crippen LogP contribution is 2.37. The Kier molecular flexibility index (Phi) is 12.1. The summed E-state index contributed by atoms with van der Waals surface area (Å²) in [4.78, 5) is 52.3. The molecule has 2 amide bonds. The van der Waals surface area contributed by atoms with Crippen LogP contribution in [0.5, 0.6) is 0 Å². The summed E-state index contributed by atoms with van der Waals surface area (Å²) in [6.07, 6.45) is 7.40. The molecular formula is C48H54N8O3. The fraction of sp³-hybridized carbons (Fsp3) is 0.333. The summed E-state index contributed by atoms with van der Waals surface area (Å²) in [5, 5.41) is 0. The van der Waals surface area contributed by atoms with Gasteiger partial charge in [-0.25, -0.2) is 9.97 Å². The number of rotatable bonds is 14. The minimum atomic E-state index is -0.341. The SMILES string of the molecule is CN(C)C(C(=O)N1CCCC1c1ncc(-c2ccc(COCc3ccc(-c4cnc(C5CCCN5C(=O)C(c5ccccc5)N(C)C)[nH]4)cc3)cc2)[nH]1)c1ccccc1.